The van der Waals surface area contributed by atoms with Crippen LogP contribution in [0.5, 0.6) is 0 Å². The number of aromatic nitrogens is 1. The number of pyridine rings is 1. The molecule has 0 atom stereocenters. The smallest absolute Gasteiger partial charge is 0.339 e. The summed E-state index contributed by atoms with van der Waals surface area (Å²) in [7, 11) is 2.99. The molecule has 1 aliphatic rings. The van der Waals surface area contributed by atoms with Crippen LogP contribution in [0.2, 0.25) is 0 Å². The zero-order valence-corrected chi connectivity index (χ0v) is 14.9. The first-order chi connectivity index (χ1) is 12.5. The number of esters is 1. The number of carbonyl (C=O) groups is 3. The Balaban J connectivity index is 1.78. The van der Waals surface area contributed by atoms with E-state index in [0.29, 0.717) is 5.56 Å². The number of nitrogens with one attached hydrogen (secondary N) is 1. The van der Waals surface area contributed by atoms with Gasteiger partial charge in [0.1, 0.15) is 0 Å². The minimum atomic E-state index is -0.525. The standard InChI is InChI=1S/C19H21N3O4/c1-20-16(23)10-22(2)17(24)11-26-19(25)18-12-6-3-4-8-14(12)21-15-9-5-7-13(15)18/h3-4,6,8H,5,7,9-11H2,1-2H3,(H,20,23). The van der Waals surface area contributed by atoms with Crippen LogP contribution in [0.3, 0.4) is 0 Å². The van der Waals surface area contributed by atoms with Gasteiger partial charge < -0.3 is 15.0 Å². The summed E-state index contributed by atoms with van der Waals surface area (Å²) in [5.74, 6) is -1.24. The molecule has 2 amide bonds. The third-order valence-electron chi connectivity index (χ3n) is 4.54. The molecule has 1 aromatic heterocycles. The molecule has 0 spiro atoms. The van der Waals surface area contributed by atoms with Crippen molar-refractivity contribution in [3.8, 4) is 0 Å². The van der Waals surface area contributed by atoms with E-state index in [9.17, 15) is 14.4 Å². The van der Waals surface area contributed by atoms with E-state index in [1.54, 1.807) is 0 Å². The first-order valence-electron chi connectivity index (χ1n) is 8.53. The van der Waals surface area contributed by atoms with Crippen molar-refractivity contribution in [3.05, 3.63) is 41.1 Å². The molecular formula is C19H21N3O4. The van der Waals surface area contributed by atoms with E-state index in [4.69, 9.17) is 4.74 Å². The van der Waals surface area contributed by atoms with Gasteiger partial charge in [-0.05, 0) is 30.9 Å². The molecule has 3 rings (SSSR count). The number of para-hydroxylation sites is 1. The predicted molar refractivity (Wildman–Crippen MR) is 95.8 cm³/mol. The Kier molecular flexibility index (Phi) is 5.16. The van der Waals surface area contributed by atoms with Gasteiger partial charge >= 0.3 is 5.97 Å². The third kappa shape index (κ3) is 3.51. The van der Waals surface area contributed by atoms with Crippen LogP contribution in [0.15, 0.2) is 24.3 Å². The number of nitrogens with zero attached hydrogens (tertiary/aromatic N) is 2. The lowest BCUT2D eigenvalue weighted by Gasteiger charge is -2.17. The van der Waals surface area contributed by atoms with E-state index in [-0.39, 0.29) is 12.5 Å². The first-order valence-corrected chi connectivity index (χ1v) is 8.53. The van der Waals surface area contributed by atoms with Gasteiger partial charge in [-0.3, -0.25) is 14.6 Å². The van der Waals surface area contributed by atoms with E-state index in [1.807, 2.05) is 24.3 Å². The van der Waals surface area contributed by atoms with Crippen molar-refractivity contribution < 1.29 is 19.1 Å². The summed E-state index contributed by atoms with van der Waals surface area (Å²) in [5.41, 5.74) is 3.10. The zero-order chi connectivity index (χ0) is 18.7. The fourth-order valence-corrected chi connectivity index (χ4v) is 3.14. The van der Waals surface area contributed by atoms with Gasteiger partial charge in [0.15, 0.2) is 6.61 Å². The number of hydrogen-bond acceptors (Lipinski definition) is 5. The van der Waals surface area contributed by atoms with Gasteiger partial charge in [0.2, 0.25) is 5.91 Å². The van der Waals surface area contributed by atoms with E-state index in [2.05, 4.69) is 10.3 Å². The summed E-state index contributed by atoms with van der Waals surface area (Å²) in [6.45, 7) is -0.488. The van der Waals surface area contributed by atoms with Crippen LogP contribution in [-0.4, -0.2) is 54.9 Å². The number of hydrogen-bond donors (Lipinski definition) is 1. The molecule has 0 unspecified atom stereocenters. The van der Waals surface area contributed by atoms with Crippen LogP contribution in [0.25, 0.3) is 10.9 Å². The Morgan fingerprint density at radius 1 is 1.23 bits per heavy atom. The quantitative estimate of drug-likeness (QED) is 0.811. The topological polar surface area (TPSA) is 88.6 Å². The van der Waals surface area contributed by atoms with E-state index in [1.165, 1.54) is 19.0 Å². The van der Waals surface area contributed by atoms with Gasteiger partial charge in [-0.15, -0.1) is 0 Å². The monoisotopic (exact) mass is 355 g/mol. The minimum absolute atomic E-state index is 0.0829. The Morgan fingerprint density at radius 2 is 2.00 bits per heavy atom. The SMILES string of the molecule is CNC(=O)CN(C)C(=O)COC(=O)c1c2c(nc3ccccc13)CCC2. The fourth-order valence-electron chi connectivity index (χ4n) is 3.14. The lowest BCUT2D eigenvalue weighted by molar-refractivity contribution is -0.137. The average Bonchev–Trinajstić information content (AvgIpc) is 3.11. The molecule has 136 valence electrons. The summed E-state index contributed by atoms with van der Waals surface area (Å²) in [6, 6.07) is 7.44. The van der Waals surface area contributed by atoms with Crippen molar-refractivity contribution in [2.24, 2.45) is 0 Å². The van der Waals surface area contributed by atoms with Crippen molar-refractivity contribution in [3.63, 3.8) is 0 Å². The molecule has 0 aliphatic heterocycles. The van der Waals surface area contributed by atoms with Gasteiger partial charge in [-0.2, -0.15) is 0 Å². The summed E-state index contributed by atoms with van der Waals surface area (Å²) in [5, 5.41) is 3.18. The average molecular weight is 355 g/mol. The van der Waals surface area contributed by atoms with Gasteiger partial charge in [0.05, 0.1) is 17.6 Å². The summed E-state index contributed by atoms with van der Waals surface area (Å²) >= 11 is 0. The fraction of sp³-hybridized carbons (Fsp3) is 0.368. The molecule has 0 saturated carbocycles. The van der Waals surface area contributed by atoms with Gasteiger partial charge in [-0.1, -0.05) is 18.2 Å². The lowest BCUT2D eigenvalue weighted by atomic mass is 10.0. The Morgan fingerprint density at radius 3 is 2.77 bits per heavy atom. The predicted octanol–water partition coefficient (Wildman–Crippen LogP) is 1.08. The number of benzene rings is 1. The second kappa shape index (κ2) is 7.51. The Hall–Kier alpha value is -2.96. The second-order valence-corrected chi connectivity index (χ2v) is 6.28. The van der Waals surface area contributed by atoms with Crippen LogP contribution >= 0.6 is 0 Å². The minimum Gasteiger partial charge on any atom is -0.452 e. The van der Waals surface area contributed by atoms with Crippen molar-refractivity contribution in [2.75, 3.05) is 27.2 Å². The molecule has 7 nitrogen and oxygen atoms in total. The molecule has 0 radical (unpaired) electrons. The molecule has 0 saturated heterocycles. The number of fused-ring (bicyclic) bond motifs is 2. The van der Waals surface area contributed by atoms with Crippen molar-refractivity contribution >= 4 is 28.7 Å². The molecule has 1 N–H and O–H groups in total. The van der Waals surface area contributed by atoms with Crippen LogP contribution in [0, 0.1) is 0 Å². The molecule has 2 aromatic rings. The normalized spacial score (nSPS) is 12.5. The second-order valence-electron chi connectivity index (χ2n) is 6.28. The number of carbonyl (C=O) groups excluding carboxylic acids is 3. The number of amides is 2. The van der Waals surface area contributed by atoms with E-state index in [0.717, 1.165) is 41.4 Å². The maximum atomic E-state index is 12.7. The highest BCUT2D eigenvalue weighted by Crippen LogP contribution is 2.30. The van der Waals surface area contributed by atoms with Crippen molar-refractivity contribution in [1.29, 1.82) is 0 Å². The molecule has 26 heavy (non-hydrogen) atoms. The molecule has 1 heterocycles. The number of ether oxygens (including phenoxy) is 1. The van der Waals surface area contributed by atoms with Crippen molar-refractivity contribution in [2.45, 2.75) is 19.3 Å². The van der Waals surface area contributed by atoms with Crippen LogP contribution in [0.4, 0.5) is 0 Å². The zero-order valence-electron chi connectivity index (χ0n) is 14.9. The molecule has 1 aliphatic carbocycles. The summed E-state index contributed by atoms with van der Waals surface area (Å²) in [6.07, 6.45) is 2.57. The molecular weight excluding hydrogens is 334 g/mol. The Bertz CT molecular complexity index is 878. The summed E-state index contributed by atoms with van der Waals surface area (Å²) in [4.78, 5) is 42.0. The van der Waals surface area contributed by atoms with Gasteiger partial charge in [0, 0.05) is 25.2 Å². The summed E-state index contributed by atoms with van der Waals surface area (Å²) < 4.78 is 5.27. The van der Waals surface area contributed by atoms with E-state index < -0.39 is 18.5 Å². The molecule has 0 fully saturated rings. The largest absolute Gasteiger partial charge is 0.452 e. The number of rotatable bonds is 5. The molecule has 7 heteroatoms. The maximum Gasteiger partial charge on any atom is 0.339 e. The van der Waals surface area contributed by atoms with E-state index >= 15 is 0 Å². The van der Waals surface area contributed by atoms with Crippen molar-refractivity contribution in [1.82, 2.24) is 15.2 Å². The Labute approximate surface area is 151 Å². The van der Waals surface area contributed by atoms with Crippen LogP contribution in [-0.2, 0) is 27.2 Å². The number of aryl methyl sites for hydroxylation is 1. The highest BCUT2D eigenvalue weighted by Gasteiger charge is 2.25. The van der Waals surface area contributed by atoms with Crippen LogP contribution in [0.1, 0.15) is 28.0 Å². The van der Waals surface area contributed by atoms with Gasteiger partial charge in [-0.25, -0.2) is 4.79 Å². The number of likely N-dealkylation sites (N-methyl/N-ethyl adjacent to an activating group) is 2. The maximum absolute atomic E-state index is 12.7. The molecule has 0 bridgehead atoms. The van der Waals surface area contributed by atoms with Gasteiger partial charge in [0.25, 0.3) is 5.91 Å². The highest BCUT2D eigenvalue weighted by atomic mass is 16.5. The first kappa shape index (κ1) is 17.8. The molecule has 1 aromatic carbocycles. The van der Waals surface area contributed by atoms with Crippen LogP contribution < -0.4 is 5.32 Å². The lowest BCUT2D eigenvalue weighted by Crippen LogP contribution is -2.39. The third-order valence-corrected chi connectivity index (χ3v) is 4.54. The highest BCUT2D eigenvalue weighted by molar-refractivity contribution is 6.05.